The van der Waals surface area contributed by atoms with Crippen molar-refractivity contribution in [2.24, 2.45) is 0 Å². The first-order valence-electron chi connectivity index (χ1n) is 6.63. The van der Waals surface area contributed by atoms with E-state index in [0.29, 0.717) is 0 Å². The van der Waals surface area contributed by atoms with E-state index in [2.05, 4.69) is 43.3 Å². The molecule has 0 radical (unpaired) electrons. The fraction of sp³-hybridized carbons (Fsp3) is 0.294. The molecule has 0 aliphatic rings. The van der Waals surface area contributed by atoms with Gasteiger partial charge in [0.2, 0.25) is 0 Å². The lowest BCUT2D eigenvalue weighted by atomic mass is 9.96. The van der Waals surface area contributed by atoms with Crippen LogP contribution >= 0.6 is 0 Å². The van der Waals surface area contributed by atoms with Gasteiger partial charge in [-0.15, -0.1) is 0 Å². The van der Waals surface area contributed by atoms with E-state index < -0.39 is 0 Å². The molecule has 0 aliphatic carbocycles. The highest BCUT2D eigenvalue weighted by molar-refractivity contribution is 5.64. The van der Waals surface area contributed by atoms with E-state index in [-0.39, 0.29) is 6.61 Å². The van der Waals surface area contributed by atoms with Crippen molar-refractivity contribution in [1.29, 1.82) is 0 Å². The number of aliphatic hydroxyl groups excluding tert-OH is 1. The summed E-state index contributed by atoms with van der Waals surface area (Å²) in [6.07, 6.45) is 3.40. The lowest BCUT2D eigenvalue weighted by Crippen LogP contribution is -1.95. The summed E-state index contributed by atoms with van der Waals surface area (Å²) in [6.45, 7) is 2.33. The van der Waals surface area contributed by atoms with Crippen molar-refractivity contribution >= 4 is 0 Å². The Morgan fingerprint density at radius 3 is 2.33 bits per heavy atom. The van der Waals surface area contributed by atoms with Crippen molar-refractivity contribution in [2.45, 2.75) is 32.8 Å². The number of hydrogen-bond donors (Lipinski definition) is 1. The third-order valence-corrected chi connectivity index (χ3v) is 3.28. The number of aliphatic hydroxyl groups is 1. The van der Waals surface area contributed by atoms with E-state index in [1.807, 2.05) is 12.1 Å². The summed E-state index contributed by atoms with van der Waals surface area (Å²) < 4.78 is 0. The average Bonchev–Trinajstić information content (AvgIpc) is 2.45. The quantitative estimate of drug-likeness (QED) is 0.831. The molecule has 1 heteroatoms. The second-order valence-electron chi connectivity index (χ2n) is 4.61. The molecular formula is C17H20O. The molecule has 0 fully saturated rings. The molecule has 0 spiro atoms. The van der Waals surface area contributed by atoms with Crippen LogP contribution < -0.4 is 0 Å². The fourth-order valence-corrected chi connectivity index (χ4v) is 2.19. The molecule has 0 heterocycles. The van der Waals surface area contributed by atoms with E-state index >= 15 is 0 Å². The Bertz CT molecular complexity index is 488. The van der Waals surface area contributed by atoms with Gasteiger partial charge in [-0.2, -0.15) is 0 Å². The van der Waals surface area contributed by atoms with Crippen LogP contribution in [0.2, 0.25) is 0 Å². The topological polar surface area (TPSA) is 20.2 Å². The molecule has 0 saturated carbocycles. The Labute approximate surface area is 109 Å². The molecule has 0 unspecified atom stereocenters. The second kappa shape index (κ2) is 6.36. The first-order valence-corrected chi connectivity index (χ1v) is 6.63. The van der Waals surface area contributed by atoms with Crippen LogP contribution in [0.3, 0.4) is 0 Å². The van der Waals surface area contributed by atoms with Crippen LogP contribution in [0.25, 0.3) is 11.1 Å². The van der Waals surface area contributed by atoms with Crippen LogP contribution in [0, 0.1) is 0 Å². The third-order valence-electron chi connectivity index (χ3n) is 3.28. The predicted octanol–water partition coefficient (Wildman–Crippen LogP) is 4.19. The molecule has 94 valence electrons. The van der Waals surface area contributed by atoms with E-state index in [1.54, 1.807) is 0 Å². The number of rotatable bonds is 5. The lowest BCUT2D eigenvalue weighted by Gasteiger charge is -2.10. The zero-order valence-electron chi connectivity index (χ0n) is 10.9. The van der Waals surface area contributed by atoms with Crippen molar-refractivity contribution < 1.29 is 5.11 Å². The summed E-state index contributed by atoms with van der Waals surface area (Å²) in [5, 5.41) is 9.38. The normalized spacial score (nSPS) is 10.6. The Morgan fingerprint density at radius 2 is 1.67 bits per heavy atom. The maximum absolute atomic E-state index is 9.38. The van der Waals surface area contributed by atoms with Gasteiger partial charge in [-0.3, -0.25) is 0 Å². The van der Waals surface area contributed by atoms with Crippen LogP contribution in [0.1, 0.15) is 30.9 Å². The molecule has 0 aromatic heterocycles. The number of hydrogen-bond acceptors (Lipinski definition) is 1. The zero-order valence-corrected chi connectivity index (χ0v) is 10.9. The standard InChI is InChI=1S/C17H20O/c1-2-3-7-15-12-16(10-11-17(15)13-18)14-8-5-4-6-9-14/h4-6,8-12,18H,2-3,7,13H2,1H3. The Kier molecular flexibility index (Phi) is 4.54. The van der Waals surface area contributed by atoms with E-state index in [0.717, 1.165) is 12.0 Å². The SMILES string of the molecule is CCCCc1cc(-c2ccccc2)ccc1CO. The third kappa shape index (κ3) is 2.99. The summed E-state index contributed by atoms with van der Waals surface area (Å²) in [6, 6.07) is 16.8. The summed E-state index contributed by atoms with van der Waals surface area (Å²) in [5.41, 5.74) is 4.81. The largest absolute Gasteiger partial charge is 0.392 e. The van der Waals surface area contributed by atoms with Crippen LogP contribution in [0.5, 0.6) is 0 Å². The summed E-state index contributed by atoms with van der Waals surface area (Å²) >= 11 is 0. The highest BCUT2D eigenvalue weighted by Gasteiger charge is 2.04. The Morgan fingerprint density at radius 1 is 0.889 bits per heavy atom. The number of aryl methyl sites for hydroxylation is 1. The summed E-state index contributed by atoms with van der Waals surface area (Å²) in [7, 11) is 0. The highest BCUT2D eigenvalue weighted by atomic mass is 16.3. The maximum Gasteiger partial charge on any atom is 0.0684 e. The number of benzene rings is 2. The zero-order chi connectivity index (χ0) is 12.8. The molecule has 1 N–H and O–H groups in total. The van der Waals surface area contributed by atoms with E-state index in [1.165, 1.54) is 29.5 Å². The van der Waals surface area contributed by atoms with Gasteiger partial charge in [0.05, 0.1) is 6.61 Å². The Balaban J connectivity index is 2.33. The fourth-order valence-electron chi connectivity index (χ4n) is 2.19. The van der Waals surface area contributed by atoms with Crippen LogP contribution in [-0.2, 0) is 13.0 Å². The number of unbranched alkanes of at least 4 members (excludes halogenated alkanes) is 1. The van der Waals surface area contributed by atoms with Crippen LogP contribution in [0.15, 0.2) is 48.5 Å². The minimum absolute atomic E-state index is 0.133. The first-order chi connectivity index (χ1) is 8.85. The van der Waals surface area contributed by atoms with Crippen LogP contribution in [0.4, 0.5) is 0 Å². The minimum atomic E-state index is 0.133. The van der Waals surface area contributed by atoms with Crippen molar-refractivity contribution in [2.75, 3.05) is 0 Å². The van der Waals surface area contributed by atoms with Gasteiger partial charge in [0.1, 0.15) is 0 Å². The molecule has 2 aromatic rings. The van der Waals surface area contributed by atoms with Crippen molar-refractivity contribution in [3.63, 3.8) is 0 Å². The lowest BCUT2D eigenvalue weighted by molar-refractivity contribution is 0.280. The predicted molar refractivity (Wildman–Crippen MR) is 76.4 cm³/mol. The van der Waals surface area contributed by atoms with Gasteiger partial charge in [-0.05, 0) is 35.1 Å². The van der Waals surface area contributed by atoms with Crippen molar-refractivity contribution in [3.05, 3.63) is 59.7 Å². The van der Waals surface area contributed by atoms with Gasteiger partial charge in [0, 0.05) is 0 Å². The molecule has 0 saturated heterocycles. The molecule has 2 rings (SSSR count). The second-order valence-corrected chi connectivity index (χ2v) is 4.61. The van der Waals surface area contributed by atoms with E-state index in [9.17, 15) is 5.11 Å². The molecule has 0 aliphatic heterocycles. The smallest absolute Gasteiger partial charge is 0.0684 e. The van der Waals surface area contributed by atoms with Gasteiger partial charge >= 0.3 is 0 Å². The van der Waals surface area contributed by atoms with Crippen molar-refractivity contribution in [1.82, 2.24) is 0 Å². The minimum Gasteiger partial charge on any atom is -0.392 e. The van der Waals surface area contributed by atoms with Gasteiger partial charge in [-0.25, -0.2) is 0 Å². The van der Waals surface area contributed by atoms with Gasteiger partial charge in [-0.1, -0.05) is 61.9 Å². The molecule has 1 nitrogen and oxygen atoms in total. The maximum atomic E-state index is 9.38. The average molecular weight is 240 g/mol. The Hall–Kier alpha value is -1.60. The highest BCUT2D eigenvalue weighted by Crippen LogP contribution is 2.23. The van der Waals surface area contributed by atoms with Gasteiger partial charge < -0.3 is 5.11 Å². The van der Waals surface area contributed by atoms with Gasteiger partial charge in [0.25, 0.3) is 0 Å². The molecule has 0 atom stereocenters. The molecular weight excluding hydrogens is 220 g/mol. The molecule has 2 aromatic carbocycles. The van der Waals surface area contributed by atoms with E-state index in [4.69, 9.17) is 0 Å². The molecule has 18 heavy (non-hydrogen) atoms. The first kappa shape index (κ1) is 12.8. The molecule has 0 amide bonds. The monoisotopic (exact) mass is 240 g/mol. The molecule has 0 bridgehead atoms. The van der Waals surface area contributed by atoms with Crippen LogP contribution in [-0.4, -0.2) is 5.11 Å². The summed E-state index contributed by atoms with van der Waals surface area (Å²) in [5.74, 6) is 0. The van der Waals surface area contributed by atoms with Gasteiger partial charge in [0.15, 0.2) is 0 Å². The van der Waals surface area contributed by atoms with Crippen molar-refractivity contribution in [3.8, 4) is 11.1 Å². The summed E-state index contributed by atoms with van der Waals surface area (Å²) in [4.78, 5) is 0.